The van der Waals surface area contributed by atoms with Gasteiger partial charge in [-0.2, -0.15) is 0 Å². The second kappa shape index (κ2) is 8.93. The summed E-state index contributed by atoms with van der Waals surface area (Å²) in [5, 5.41) is 14.3. The number of benzene rings is 2. The van der Waals surface area contributed by atoms with Gasteiger partial charge in [-0.05, 0) is 54.8 Å². The van der Waals surface area contributed by atoms with Crippen LogP contribution >= 0.6 is 0 Å². The third-order valence-corrected chi connectivity index (χ3v) is 4.25. The number of hydrogen-bond acceptors (Lipinski definition) is 3. The van der Waals surface area contributed by atoms with Crippen molar-refractivity contribution < 1.29 is 23.9 Å². The predicted octanol–water partition coefficient (Wildman–Crippen LogP) is 2.16. The lowest BCUT2D eigenvalue weighted by molar-refractivity contribution is -0.138. The van der Waals surface area contributed by atoms with Crippen molar-refractivity contribution in [1.82, 2.24) is 10.6 Å². The van der Waals surface area contributed by atoms with Gasteiger partial charge < -0.3 is 15.7 Å². The molecule has 0 aromatic heterocycles. The molecule has 142 valence electrons. The first-order chi connectivity index (χ1) is 12.8. The van der Waals surface area contributed by atoms with Crippen LogP contribution in [0.25, 0.3) is 0 Å². The largest absolute Gasteiger partial charge is 0.481 e. The minimum Gasteiger partial charge on any atom is -0.481 e. The van der Waals surface area contributed by atoms with Gasteiger partial charge in [-0.1, -0.05) is 18.2 Å². The average Bonchev–Trinajstić information content (AvgIpc) is 2.63. The van der Waals surface area contributed by atoms with Gasteiger partial charge in [0.15, 0.2) is 0 Å². The molecule has 6 nitrogen and oxygen atoms in total. The number of aliphatic carboxylic acids is 1. The monoisotopic (exact) mass is 372 g/mol. The van der Waals surface area contributed by atoms with E-state index in [1.165, 1.54) is 12.1 Å². The maximum atomic E-state index is 13.0. The molecule has 2 rings (SSSR count). The fourth-order valence-electron chi connectivity index (χ4n) is 2.47. The quantitative estimate of drug-likeness (QED) is 0.694. The molecule has 1 atom stereocenters. The molecule has 0 aliphatic carbocycles. The van der Waals surface area contributed by atoms with Crippen molar-refractivity contribution in [1.29, 1.82) is 0 Å². The predicted molar refractivity (Wildman–Crippen MR) is 98.0 cm³/mol. The number of carboxylic acids is 1. The zero-order chi connectivity index (χ0) is 20.0. The van der Waals surface area contributed by atoms with Gasteiger partial charge in [0.25, 0.3) is 5.91 Å². The van der Waals surface area contributed by atoms with Gasteiger partial charge in [0.05, 0.1) is 12.5 Å². The molecule has 0 aliphatic rings. The lowest BCUT2D eigenvalue weighted by Crippen LogP contribution is -2.39. The summed E-state index contributed by atoms with van der Waals surface area (Å²) >= 11 is 0. The maximum Gasteiger partial charge on any atom is 0.312 e. The second-order valence-corrected chi connectivity index (χ2v) is 6.23. The summed E-state index contributed by atoms with van der Waals surface area (Å²) in [6.07, 6.45) is 0. The summed E-state index contributed by atoms with van der Waals surface area (Å²) in [6, 6.07) is 10.3. The van der Waals surface area contributed by atoms with Crippen LogP contribution in [-0.4, -0.2) is 36.0 Å². The highest BCUT2D eigenvalue weighted by atomic mass is 19.1. The second-order valence-electron chi connectivity index (χ2n) is 6.23. The molecule has 2 aromatic carbocycles. The number of carbonyl (C=O) groups is 3. The van der Waals surface area contributed by atoms with Crippen molar-refractivity contribution in [3.8, 4) is 0 Å². The summed E-state index contributed by atoms with van der Waals surface area (Å²) in [5.41, 5.74) is 2.85. The molecule has 0 saturated carbocycles. The Morgan fingerprint density at radius 3 is 2.26 bits per heavy atom. The molecule has 0 heterocycles. The van der Waals surface area contributed by atoms with Crippen LogP contribution in [0.1, 0.15) is 33.0 Å². The fraction of sp³-hybridized carbons (Fsp3) is 0.250. The Bertz CT molecular complexity index is 850. The molecular weight excluding hydrogens is 351 g/mol. The maximum absolute atomic E-state index is 13.0. The minimum absolute atomic E-state index is 0.167. The molecule has 27 heavy (non-hydrogen) atoms. The Kier molecular flexibility index (Phi) is 6.65. The number of halogens is 1. The third-order valence-electron chi connectivity index (χ3n) is 4.25. The molecule has 0 radical (unpaired) electrons. The zero-order valence-electron chi connectivity index (χ0n) is 15.1. The number of carbonyl (C=O) groups excluding carboxylic acids is 2. The van der Waals surface area contributed by atoms with E-state index in [0.29, 0.717) is 11.1 Å². The molecule has 0 saturated heterocycles. The SMILES string of the molecule is Cc1ccc(C(=O)NCC(=O)NCC(C(=O)O)c2ccc(F)cc2)cc1C. The van der Waals surface area contributed by atoms with E-state index in [0.717, 1.165) is 23.3 Å². The minimum atomic E-state index is -1.14. The smallest absolute Gasteiger partial charge is 0.312 e. The molecule has 0 bridgehead atoms. The van der Waals surface area contributed by atoms with Crippen molar-refractivity contribution in [3.63, 3.8) is 0 Å². The van der Waals surface area contributed by atoms with E-state index < -0.39 is 23.6 Å². The Morgan fingerprint density at radius 1 is 1.00 bits per heavy atom. The van der Waals surface area contributed by atoms with Gasteiger partial charge >= 0.3 is 5.97 Å². The summed E-state index contributed by atoms with van der Waals surface area (Å²) < 4.78 is 13.0. The first-order valence-corrected chi connectivity index (χ1v) is 8.38. The summed E-state index contributed by atoms with van der Waals surface area (Å²) in [7, 11) is 0. The number of rotatable bonds is 7. The van der Waals surface area contributed by atoms with Crippen molar-refractivity contribution in [3.05, 3.63) is 70.5 Å². The van der Waals surface area contributed by atoms with Crippen LogP contribution in [0, 0.1) is 19.7 Å². The van der Waals surface area contributed by atoms with Gasteiger partial charge in [-0.15, -0.1) is 0 Å². The Hall–Kier alpha value is -3.22. The van der Waals surface area contributed by atoms with E-state index in [2.05, 4.69) is 10.6 Å². The number of amides is 2. The first-order valence-electron chi connectivity index (χ1n) is 8.38. The lowest BCUT2D eigenvalue weighted by Gasteiger charge is -2.14. The van der Waals surface area contributed by atoms with Gasteiger partial charge in [0.1, 0.15) is 5.82 Å². The van der Waals surface area contributed by atoms with Crippen LogP contribution in [0.5, 0.6) is 0 Å². The van der Waals surface area contributed by atoms with Crippen molar-refractivity contribution in [2.75, 3.05) is 13.1 Å². The van der Waals surface area contributed by atoms with Gasteiger partial charge in [0.2, 0.25) is 5.91 Å². The highest BCUT2D eigenvalue weighted by Gasteiger charge is 2.21. The Labute approximate surface area is 156 Å². The molecule has 2 aromatic rings. The zero-order valence-corrected chi connectivity index (χ0v) is 15.1. The Balaban J connectivity index is 1.88. The number of carboxylic acid groups (broad SMARTS) is 1. The molecule has 1 unspecified atom stereocenters. The summed E-state index contributed by atoms with van der Waals surface area (Å²) in [5.74, 6) is -3.52. The highest BCUT2D eigenvalue weighted by Crippen LogP contribution is 2.16. The van der Waals surface area contributed by atoms with Crippen LogP contribution in [-0.2, 0) is 9.59 Å². The lowest BCUT2D eigenvalue weighted by atomic mass is 9.99. The fourth-order valence-corrected chi connectivity index (χ4v) is 2.47. The van der Waals surface area contributed by atoms with E-state index in [9.17, 15) is 23.9 Å². The average molecular weight is 372 g/mol. The third kappa shape index (κ3) is 5.64. The van der Waals surface area contributed by atoms with E-state index in [1.54, 1.807) is 12.1 Å². The van der Waals surface area contributed by atoms with Crippen LogP contribution < -0.4 is 10.6 Å². The van der Waals surface area contributed by atoms with Crippen LogP contribution in [0.4, 0.5) is 4.39 Å². The van der Waals surface area contributed by atoms with Crippen molar-refractivity contribution >= 4 is 17.8 Å². The molecule has 0 fully saturated rings. The molecule has 7 heteroatoms. The standard InChI is InChI=1S/C20H21FN2O4/c1-12-3-4-15(9-13(12)2)19(25)23-11-18(24)22-10-17(20(26)27)14-5-7-16(21)8-6-14/h3-9,17H,10-11H2,1-2H3,(H,22,24)(H,23,25)(H,26,27). The highest BCUT2D eigenvalue weighted by molar-refractivity contribution is 5.96. The molecular formula is C20H21FN2O4. The van der Waals surface area contributed by atoms with E-state index >= 15 is 0 Å². The molecule has 0 aliphatic heterocycles. The first kappa shape index (κ1) is 20.1. The topological polar surface area (TPSA) is 95.5 Å². The van der Waals surface area contributed by atoms with Gasteiger partial charge in [-0.25, -0.2) is 4.39 Å². The number of hydrogen-bond donors (Lipinski definition) is 3. The number of nitrogens with one attached hydrogen (secondary N) is 2. The van der Waals surface area contributed by atoms with Gasteiger partial charge in [-0.3, -0.25) is 14.4 Å². The van der Waals surface area contributed by atoms with E-state index in [1.807, 2.05) is 19.9 Å². The molecule has 0 spiro atoms. The van der Waals surface area contributed by atoms with E-state index in [4.69, 9.17) is 0 Å². The van der Waals surface area contributed by atoms with Crippen LogP contribution in [0.3, 0.4) is 0 Å². The van der Waals surface area contributed by atoms with Crippen molar-refractivity contribution in [2.45, 2.75) is 19.8 Å². The van der Waals surface area contributed by atoms with Crippen LogP contribution in [0.15, 0.2) is 42.5 Å². The number of aryl methyl sites for hydroxylation is 2. The Morgan fingerprint density at radius 2 is 1.67 bits per heavy atom. The van der Waals surface area contributed by atoms with E-state index in [-0.39, 0.29) is 19.0 Å². The van der Waals surface area contributed by atoms with Crippen LogP contribution in [0.2, 0.25) is 0 Å². The summed E-state index contributed by atoms with van der Waals surface area (Å²) in [4.78, 5) is 35.4. The van der Waals surface area contributed by atoms with Crippen molar-refractivity contribution in [2.24, 2.45) is 0 Å². The summed E-state index contributed by atoms with van der Waals surface area (Å²) in [6.45, 7) is 3.38. The molecule has 3 N–H and O–H groups in total. The normalized spacial score (nSPS) is 11.5. The van der Waals surface area contributed by atoms with Gasteiger partial charge in [0, 0.05) is 12.1 Å². The molecule has 2 amide bonds.